The van der Waals surface area contributed by atoms with E-state index in [1.54, 1.807) is 13.8 Å². The summed E-state index contributed by atoms with van der Waals surface area (Å²) in [5, 5.41) is 0. The van der Waals surface area contributed by atoms with E-state index in [1.165, 1.54) is 14.0 Å². The average molecular weight is 242 g/mol. The molecule has 0 aromatic rings. The Bertz CT molecular complexity index is 356. The van der Waals surface area contributed by atoms with Crippen molar-refractivity contribution >= 4 is 11.8 Å². The number of halogens is 1. The van der Waals surface area contributed by atoms with Gasteiger partial charge in [0.05, 0.1) is 13.0 Å². The summed E-state index contributed by atoms with van der Waals surface area (Å²) in [6.45, 7) is 4.52. The lowest BCUT2D eigenvalue weighted by atomic mass is 9.83. The fourth-order valence-corrected chi connectivity index (χ4v) is 2.35. The largest absolute Gasteiger partial charge is 0.469 e. The molecular formula is C13H19FO3. The SMILES string of the molecule is COC(=O)C(C)C(C(C)=C(F)C(C)=O)C1CC1. The van der Waals surface area contributed by atoms with E-state index < -0.39 is 17.5 Å². The molecule has 0 saturated heterocycles. The van der Waals surface area contributed by atoms with Crippen molar-refractivity contribution in [1.29, 1.82) is 0 Å². The van der Waals surface area contributed by atoms with Gasteiger partial charge in [-0.25, -0.2) is 4.39 Å². The third-order valence-electron chi connectivity index (χ3n) is 3.40. The van der Waals surface area contributed by atoms with E-state index in [0.717, 1.165) is 12.8 Å². The lowest BCUT2D eigenvalue weighted by Crippen LogP contribution is -2.25. The van der Waals surface area contributed by atoms with E-state index in [9.17, 15) is 14.0 Å². The number of ketones is 1. The lowest BCUT2D eigenvalue weighted by Gasteiger charge is -2.23. The number of ether oxygens (including phenoxy) is 1. The molecule has 2 atom stereocenters. The zero-order chi connectivity index (χ0) is 13.2. The van der Waals surface area contributed by atoms with Crippen LogP contribution in [-0.4, -0.2) is 18.9 Å². The molecule has 0 amide bonds. The molecule has 1 saturated carbocycles. The van der Waals surface area contributed by atoms with Gasteiger partial charge in [-0.15, -0.1) is 0 Å². The standard InChI is InChI=1S/C13H19FO3/c1-7(12(14)9(3)15)11(10-5-6-10)8(2)13(16)17-4/h8,10-11H,5-6H2,1-4H3. The third-order valence-corrected chi connectivity index (χ3v) is 3.40. The van der Waals surface area contributed by atoms with Crippen LogP contribution in [0, 0.1) is 17.8 Å². The van der Waals surface area contributed by atoms with Crippen LogP contribution >= 0.6 is 0 Å². The van der Waals surface area contributed by atoms with Gasteiger partial charge in [0, 0.05) is 6.92 Å². The molecule has 1 aliphatic rings. The number of esters is 1. The van der Waals surface area contributed by atoms with E-state index in [1.807, 2.05) is 0 Å². The molecule has 0 aromatic carbocycles. The van der Waals surface area contributed by atoms with Gasteiger partial charge in [0.25, 0.3) is 0 Å². The second kappa shape index (κ2) is 5.43. The zero-order valence-electron chi connectivity index (χ0n) is 10.7. The minimum absolute atomic E-state index is 0.216. The molecule has 1 rings (SSSR count). The van der Waals surface area contributed by atoms with E-state index in [0.29, 0.717) is 11.5 Å². The molecule has 2 unspecified atom stereocenters. The molecule has 17 heavy (non-hydrogen) atoms. The minimum Gasteiger partial charge on any atom is -0.469 e. The predicted octanol–water partition coefficient (Wildman–Crippen LogP) is 2.65. The van der Waals surface area contributed by atoms with Crippen molar-refractivity contribution in [3.8, 4) is 0 Å². The topological polar surface area (TPSA) is 43.4 Å². The zero-order valence-corrected chi connectivity index (χ0v) is 10.7. The molecule has 0 aliphatic heterocycles. The van der Waals surface area contributed by atoms with Crippen LogP contribution in [0.2, 0.25) is 0 Å². The van der Waals surface area contributed by atoms with E-state index in [2.05, 4.69) is 0 Å². The van der Waals surface area contributed by atoms with E-state index in [-0.39, 0.29) is 11.9 Å². The van der Waals surface area contributed by atoms with Crippen molar-refractivity contribution in [3.63, 3.8) is 0 Å². The summed E-state index contributed by atoms with van der Waals surface area (Å²) in [6.07, 6.45) is 1.96. The van der Waals surface area contributed by atoms with Gasteiger partial charge in [-0.1, -0.05) is 6.92 Å². The van der Waals surface area contributed by atoms with Gasteiger partial charge in [-0.05, 0) is 37.2 Å². The molecule has 0 heterocycles. The van der Waals surface area contributed by atoms with Gasteiger partial charge < -0.3 is 4.74 Å². The average Bonchev–Trinajstić information content (AvgIpc) is 3.10. The van der Waals surface area contributed by atoms with Crippen LogP contribution in [0.3, 0.4) is 0 Å². The van der Waals surface area contributed by atoms with Crippen molar-refractivity contribution in [2.24, 2.45) is 17.8 Å². The molecule has 0 spiro atoms. The number of hydrogen-bond acceptors (Lipinski definition) is 3. The smallest absolute Gasteiger partial charge is 0.308 e. The van der Waals surface area contributed by atoms with Gasteiger partial charge in [-0.3, -0.25) is 9.59 Å². The Morgan fingerprint density at radius 3 is 2.18 bits per heavy atom. The molecule has 0 radical (unpaired) electrons. The number of hydrogen-bond donors (Lipinski definition) is 0. The summed E-state index contributed by atoms with van der Waals surface area (Å²) in [4.78, 5) is 22.6. The first-order valence-corrected chi connectivity index (χ1v) is 5.85. The Morgan fingerprint density at radius 1 is 1.29 bits per heavy atom. The Hall–Kier alpha value is -1.19. The normalized spacial score (nSPS) is 20.3. The summed E-state index contributed by atoms with van der Waals surface area (Å²) in [5.41, 5.74) is 0.387. The van der Waals surface area contributed by atoms with Crippen molar-refractivity contribution in [3.05, 3.63) is 11.4 Å². The maximum Gasteiger partial charge on any atom is 0.308 e. The fourth-order valence-electron chi connectivity index (χ4n) is 2.35. The number of allylic oxidation sites excluding steroid dienone is 2. The highest BCUT2D eigenvalue weighted by Crippen LogP contribution is 2.45. The number of rotatable bonds is 5. The first-order valence-electron chi connectivity index (χ1n) is 5.85. The molecule has 1 fully saturated rings. The molecule has 96 valence electrons. The van der Waals surface area contributed by atoms with Crippen molar-refractivity contribution in [1.82, 2.24) is 0 Å². The second-order valence-electron chi connectivity index (χ2n) is 4.73. The Labute approximate surface area is 101 Å². The van der Waals surface area contributed by atoms with Crippen LogP contribution in [-0.2, 0) is 14.3 Å². The maximum absolute atomic E-state index is 13.7. The quantitative estimate of drug-likeness (QED) is 0.550. The number of carbonyl (C=O) groups is 2. The second-order valence-corrected chi connectivity index (χ2v) is 4.73. The Kier molecular flexibility index (Phi) is 4.43. The third kappa shape index (κ3) is 3.14. The van der Waals surface area contributed by atoms with Crippen molar-refractivity contribution in [2.75, 3.05) is 7.11 Å². The number of carbonyl (C=O) groups excluding carboxylic acids is 2. The highest BCUT2D eigenvalue weighted by atomic mass is 19.1. The molecule has 4 heteroatoms. The Morgan fingerprint density at radius 2 is 1.82 bits per heavy atom. The van der Waals surface area contributed by atoms with Gasteiger partial charge in [-0.2, -0.15) is 0 Å². The molecule has 0 bridgehead atoms. The molecule has 1 aliphatic carbocycles. The first kappa shape index (κ1) is 13.9. The predicted molar refractivity (Wildman–Crippen MR) is 61.9 cm³/mol. The van der Waals surface area contributed by atoms with Crippen LogP contribution in [0.4, 0.5) is 4.39 Å². The maximum atomic E-state index is 13.7. The van der Waals surface area contributed by atoms with E-state index >= 15 is 0 Å². The van der Waals surface area contributed by atoms with Crippen LogP contribution in [0.15, 0.2) is 11.4 Å². The van der Waals surface area contributed by atoms with Crippen LogP contribution in [0.1, 0.15) is 33.6 Å². The minimum atomic E-state index is -0.711. The molecule has 3 nitrogen and oxygen atoms in total. The monoisotopic (exact) mass is 242 g/mol. The van der Waals surface area contributed by atoms with Crippen LogP contribution < -0.4 is 0 Å². The fraction of sp³-hybridized carbons (Fsp3) is 0.692. The van der Waals surface area contributed by atoms with Gasteiger partial charge in [0.15, 0.2) is 11.6 Å². The lowest BCUT2D eigenvalue weighted by molar-refractivity contribution is -0.146. The molecule has 0 aromatic heterocycles. The van der Waals surface area contributed by atoms with E-state index in [4.69, 9.17) is 4.74 Å². The summed E-state index contributed by atoms with van der Waals surface area (Å²) in [5.74, 6) is -1.96. The highest BCUT2D eigenvalue weighted by molar-refractivity contribution is 5.91. The van der Waals surface area contributed by atoms with Gasteiger partial charge in [0.1, 0.15) is 0 Å². The van der Waals surface area contributed by atoms with Crippen molar-refractivity contribution < 1.29 is 18.7 Å². The molecule has 0 N–H and O–H groups in total. The van der Waals surface area contributed by atoms with Crippen LogP contribution in [0.25, 0.3) is 0 Å². The van der Waals surface area contributed by atoms with Crippen molar-refractivity contribution in [2.45, 2.75) is 33.6 Å². The van der Waals surface area contributed by atoms with Crippen LogP contribution in [0.5, 0.6) is 0 Å². The highest BCUT2D eigenvalue weighted by Gasteiger charge is 2.40. The van der Waals surface area contributed by atoms with Gasteiger partial charge in [0.2, 0.25) is 0 Å². The summed E-state index contributed by atoms with van der Waals surface area (Å²) >= 11 is 0. The number of methoxy groups -OCH3 is 1. The molecular weight excluding hydrogens is 223 g/mol. The number of Topliss-reactive ketones (excluding diaryl/α,β-unsaturated/α-hetero) is 1. The summed E-state index contributed by atoms with van der Waals surface area (Å²) < 4.78 is 18.4. The summed E-state index contributed by atoms with van der Waals surface area (Å²) in [7, 11) is 1.32. The summed E-state index contributed by atoms with van der Waals surface area (Å²) in [6, 6.07) is 0. The Balaban J connectivity index is 2.97. The van der Waals surface area contributed by atoms with Gasteiger partial charge >= 0.3 is 5.97 Å². The first-order chi connectivity index (χ1) is 7.90.